The van der Waals surface area contributed by atoms with Gasteiger partial charge in [0.1, 0.15) is 30.1 Å². The number of esters is 1. The van der Waals surface area contributed by atoms with Crippen LogP contribution in [0, 0.1) is 32.4 Å². The molecule has 0 unspecified atom stereocenters. The Morgan fingerprint density at radius 2 is 1.63 bits per heavy atom. The lowest BCUT2D eigenvalue weighted by molar-refractivity contribution is -0.162. The molecular formula is C28H27ClF2O4. The summed E-state index contributed by atoms with van der Waals surface area (Å²) in [7, 11) is 0. The summed E-state index contributed by atoms with van der Waals surface area (Å²) in [5.41, 5.74) is 4.16. The van der Waals surface area contributed by atoms with Gasteiger partial charge >= 0.3 is 5.97 Å². The van der Waals surface area contributed by atoms with Gasteiger partial charge in [-0.3, -0.25) is 4.79 Å². The second-order valence-corrected chi connectivity index (χ2v) is 9.54. The van der Waals surface area contributed by atoms with Crippen molar-refractivity contribution in [2.24, 2.45) is 0 Å². The number of cyclic esters (lactones) is 1. The zero-order valence-electron chi connectivity index (χ0n) is 19.8. The van der Waals surface area contributed by atoms with Crippen molar-refractivity contribution in [3.05, 3.63) is 98.6 Å². The summed E-state index contributed by atoms with van der Waals surface area (Å²) in [6.07, 6.45) is -1.17. The van der Waals surface area contributed by atoms with Gasteiger partial charge in [0.2, 0.25) is 0 Å². The second kappa shape index (κ2) is 10.3. The van der Waals surface area contributed by atoms with Crippen molar-refractivity contribution in [1.82, 2.24) is 0 Å². The molecule has 3 aromatic rings. The van der Waals surface area contributed by atoms with Gasteiger partial charge in [-0.05, 0) is 66.8 Å². The van der Waals surface area contributed by atoms with Crippen molar-refractivity contribution in [3.8, 4) is 5.75 Å². The zero-order valence-corrected chi connectivity index (χ0v) is 20.5. The zero-order chi connectivity index (χ0) is 25.3. The molecule has 1 N–H and O–H groups in total. The third-order valence-electron chi connectivity index (χ3n) is 6.21. The molecule has 2 atom stereocenters. The van der Waals surface area contributed by atoms with Gasteiger partial charge in [-0.1, -0.05) is 41.9 Å². The summed E-state index contributed by atoms with van der Waals surface area (Å²) >= 11 is 6.64. The van der Waals surface area contributed by atoms with Crippen LogP contribution in [-0.4, -0.2) is 29.9 Å². The molecule has 0 bridgehead atoms. The maximum atomic E-state index is 14.1. The number of aliphatic hydroxyl groups excluding tert-OH is 1. The molecule has 0 spiro atoms. The van der Waals surface area contributed by atoms with E-state index in [1.54, 1.807) is 44.2 Å². The number of rotatable bonds is 6. The fourth-order valence-corrected chi connectivity index (χ4v) is 4.84. The molecule has 1 heterocycles. The third kappa shape index (κ3) is 5.65. The highest BCUT2D eigenvalue weighted by Crippen LogP contribution is 2.42. The molecule has 1 aliphatic heterocycles. The van der Waals surface area contributed by atoms with E-state index in [9.17, 15) is 18.7 Å². The van der Waals surface area contributed by atoms with Gasteiger partial charge < -0.3 is 14.6 Å². The molecule has 1 fully saturated rings. The van der Waals surface area contributed by atoms with Crippen LogP contribution in [0.25, 0.3) is 0 Å². The predicted molar refractivity (Wildman–Crippen MR) is 130 cm³/mol. The summed E-state index contributed by atoms with van der Waals surface area (Å²) in [5.74, 6) is -1.16. The number of ether oxygens (including phenoxy) is 2. The Bertz CT molecular complexity index is 1210. The molecule has 35 heavy (non-hydrogen) atoms. The van der Waals surface area contributed by atoms with Crippen molar-refractivity contribution in [2.75, 3.05) is 6.61 Å². The lowest BCUT2D eigenvalue weighted by atomic mass is 9.83. The molecule has 3 aromatic carbocycles. The summed E-state index contributed by atoms with van der Waals surface area (Å²) < 4.78 is 39.7. The molecule has 4 nitrogen and oxygen atoms in total. The quantitative estimate of drug-likeness (QED) is 0.325. The number of aliphatic hydroxyl groups is 1. The fraction of sp³-hybridized carbons (Fsp3) is 0.321. The molecule has 184 valence electrons. The lowest BCUT2D eigenvalue weighted by Crippen LogP contribution is -2.36. The third-order valence-corrected chi connectivity index (χ3v) is 6.49. The molecule has 7 heteroatoms. The number of carbonyl (C=O) groups is 1. The molecule has 0 amide bonds. The fourth-order valence-electron chi connectivity index (χ4n) is 4.51. The van der Waals surface area contributed by atoms with E-state index in [-0.39, 0.29) is 31.1 Å². The Kier molecular flexibility index (Phi) is 7.43. The van der Waals surface area contributed by atoms with Crippen LogP contribution in [-0.2, 0) is 9.53 Å². The van der Waals surface area contributed by atoms with Crippen LogP contribution in [0.15, 0.2) is 48.5 Å². The van der Waals surface area contributed by atoms with Crippen molar-refractivity contribution in [2.45, 2.75) is 51.7 Å². The predicted octanol–water partition coefficient (Wildman–Crippen LogP) is 6.17. The van der Waals surface area contributed by atoms with Crippen molar-refractivity contribution in [1.29, 1.82) is 0 Å². The van der Waals surface area contributed by atoms with Crippen molar-refractivity contribution >= 4 is 17.6 Å². The monoisotopic (exact) mass is 500 g/mol. The molecule has 0 radical (unpaired) electrons. The Hall–Kier alpha value is -2.96. The SMILES string of the molecule is Cc1cc(Cl)c(OC[C@@H]2C[C@@H](O)CC(=O)O2)c(C(c2ccc(F)c(C)c2)c2ccc(F)c(C)c2)c1. The minimum atomic E-state index is -0.782. The van der Waals surface area contributed by atoms with Crippen LogP contribution in [0.5, 0.6) is 5.75 Å². The highest BCUT2D eigenvalue weighted by atomic mass is 35.5. The van der Waals surface area contributed by atoms with Gasteiger partial charge in [0.15, 0.2) is 0 Å². The van der Waals surface area contributed by atoms with Gasteiger partial charge in [-0.15, -0.1) is 0 Å². The van der Waals surface area contributed by atoms with Crippen LogP contribution >= 0.6 is 11.6 Å². The average Bonchev–Trinajstić information content (AvgIpc) is 2.77. The van der Waals surface area contributed by atoms with E-state index in [2.05, 4.69) is 0 Å². The molecule has 1 aliphatic rings. The Balaban J connectivity index is 1.81. The first-order chi connectivity index (χ1) is 16.6. The number of hydrogen-bond acceptors (Lipinski definition) is 4. The average molecular weight is 501 g/mol. The molecule has 1 saturated heterocycles. The van der Waals surface area contributed by atoms with E-state index in [0.29, 0.717) is 21.9 Å². The van der Waals surface area contributed by atoms with Gasteiger partial charge in [-0.2, -0.15) is 0 Å². The van der Waals surface area contributed by atoms with E-state index in [4.69, 9.17) is 21.1 Å². The van der Waals surface area contributed by atoms with E-state index in [1.807, 2.05) is 13.0 Å². The maximum Gasteiger partial charge on any atom is 0.308 e. The summed E-state index contributed by atoms with van der Waals surface area (Å²) in [6.45, 7) is 5.29. The van der Waals surface area contributed by atoms with E-state index in [0.717, 1.165) is 22.3 Å². The summed E-state index contributed by atoms with van der Waals surface area (Å²) in [4.78, 5) is 11.7. The molecule has 0 aliphatic carbocycles. The van der Waals surface area contributed by atoms with Crippen molar-refractivity contribution < 1.29 is 28.2 Å². The topological polar surface area (TPSA) is 55.8 Å². The van der Waals surface area contributed by atoms with E-state index >= 15 is 0 Å². The second-order valence-electron chi connectivity index (χ2n) is 9.13. The van der Waals surface area contributed by atoms with Crippen LogP contribution < -0.4 is 4.74 Å². The summed E-state index contributed by atoms with van der Waals surface area (Å²) in [5, 5.41) is 10.3. The minimum absolute atomic E-state index is 0.0101. The van der Waals surface area contributed by atoms with Gasteiger partial charge in [-0.25, -0.2) is 8.78 Å². The molecule has 0 saturated carbocycles. The first-order valence-corrected chi connectivity index (χ1v) is 11.8. The van der Waals surface area contributed by atoms with Crippen LogP contribution in [0.1, 0.15) is 52.1 Å². The largest absolute Gasteiger partial charge is 0.488 e. The van der Waals surface area contributed by atoms with Crippen LogP contribution in [0.4, 0.5) is 8.78 Å². The number of aryl methyl sites for hydroxylation is 3. The molecule has 0 aromatic heterocycles. The highest BCUT2D eigenvalue weighted by molar-refractivity contribution is 6.32. The van der Waals surface area contributed by atoms with Gasteiger partial charge in [0, 0.05) is 17.9 Å². The van der Waals surface area contributed by atoms with Crippen LogP contribution in [0.3, 0.4) is 0 Å². The normalized spacial score (nSPS) is 18.0. The molecular weight excluding hydrogens is 474 g/mol. The number of hydrogen-bond donors (Lipinski definition) is 1. The number of halogens is 3. The van der Waals surface area contributed by atoms with Crippen LogP contribution in [0.2, 0.25) is 5.02 Å². The highest BCUT2D eigenvalue weighted by Gasteiger charge is 2.29. The Morgan fingerprint density at radius 3 is 2.17 bits per heavy atom. The first kappa shape index (κ1) is 25.1. The van der Waals surface area contributed by atoms with Gasteiger partial charge in [0.05, 0.1) is 17.5 Å². The minimum Gasteiger partial charge on any atom is -0.488 e. The maximum absolute atomic E-state index is 14.1. The standard InChI is InChI=1S/C28H27ClF2O4/c1-15-8-22(28(23(29)9-15)34-14-21-12-20(32)13-26(33)35-21)27(18-4-6-24(30)16(2)10-18)19-5-7-25(31)17(3)11-19/h4-11,20-21,27,32H,12-14H2,1-3H3/t20-,21+/m1/s1. The number of carbonyl (C=O) groups excluding carboxylic acids is 1. The summed E-state index contributed by atoms with van der Waals surface area (Å²) in [6, 6.07) is 13.5. The Morgan fingerprint density at radius 1 is 1.03 bits per heavy atom. The number of benzene rings is 3. The van der Waals surface area contributed by atoms with Gasteiger partial charge in [0.25, 0.3) is 0 Å². The first-order valence-electron chi connectivity index (χ1n) is 11.4. The van der Waals surface area contributed by atoms with E-state index in [1.165, 1.54) is 12.1 Å². The smallest absolute Gasteiger partial charge is 0.308 e. The lowest BCUT2D eigenvalue weighted by Gasteiger charge is -2.28. The van der Waals surface area contributed by atoms with Crippen molar-refractivity contribution in [3.63, 3.8) is 0 Å². The Labute approximate surface area is 208 Å². The molecule has 4 rings (SSSR count). The van der Waals surface area contributed by atoms with E-state index < -0.39 is 24.1 Å².